The number of furan rings is 1. The number of hydrogen-bond donors (Lipinski definition) is 2. The van der Waals surface area contributed by atoms with E-state index in [-0.39, 0.29) is 5.56 Å². The van der Waals surface area contributed by atoms with E-state index in [9.17, 15) is 9.59 Å². The molecule has 0 unspecified atom stereocenters. The number of amides is 2. The van der Waals surface area contributed by atoms with Crippen LogP contribution in [0.4, 0.5) is 0 Å². The van der Waals surface area contributed by atoms with E-state index in [4.69, 9.17) is 13.9 Å². The van der Waals surface area contributed by atoms with Crippen molar-refractivity contribution in [2.75, 3.05) is 14.2 Å². The molecule has 32 heavy (non-hydrogen) atoms. The number of carbonyl (C=O) groups is 2. The zero-order valence-electron chi connectivity index (χ0n) is 17.9. The first-order valence-electron chi connectivity index (χ1n) is 9.64. The van der Waals surface area contributed by atoms with Gasteiger partial charge in [-0.25, -0.2) is 4.98 Å². The predicted molar refractivity (Wildman–Crippen MR) is 115 cm³/mol. The number of fused-ring (bicyclic) bond motifs is 1. The fourth-order valence-electron chi connectivity index (χ4n) is 3.40. The first-order valence-corrected chi connectivity index (χ1v) is 9.64. The molecule has 0 atom stereocenters. The van der Waals surface area contributed by atoms with Crippen molar-refractivity contribution in [1.82, 2.24) is 25.6 Å². The Hall–Kier alpha value is -4.34. The minimum absolute atomic E-state index is 0.289. The molecule has 0 fully saturated rings. The molecule has 10 heteroatoms. The Morgan fingerprint density at radius 3 is 2.47 bits per heavy atom. The summed E-state index contributed by atoms with van der Waals surface area (Å²) in [5.74, 6) is 0.365. The smallest absolute Gasteiger partial charge is 0.270 e. The maximum absolute atomic E-state index is 13.0. The van der Waals surface area contributed by atoms with Crippen LogP contribution >= 0.6 is 0 Å². The van der Waals surface area contributed by atoms with Crippen LogP contribution in [0.2, 0.25) is 0 Å². The lowest BCUT2D eigenvalue weighted by atomic mass is 10.1. The number of benzene rings is 1. The van der Waals surface area contributed by atoms with E-state index >= 15 is 0 Å². The molecule has 0 aliphatic rings. The third-order valence-corrected chi connectivity index (χ3v) is 4.92. The highest BCUT2D eigenvalue weighted by Gasteiger charge is 2.21. The van der Waals surface area contributed by atoms with Crippen LogP contribution in [0.1, 0.15) is 26.4 Å². The van der Waals surface area contributed by atoms with E-state index in [1.807, 2.05) is 0 Å². The lowest BCUT2D eigenvalue weighted by Crippen LogP contribution is -2.41. The van der Waals surface area contributed by atoms with Gasteiger partial charge in [0.05, 0.1) is 37.1 Å². The minimum Gasteiger partial charge on any atom is -0.493 e. The molecule has 0 spiro atoms. The summed E-state index contributed by atoms with van der Waals surface area (Å²) in [5, 5.41) is 4.95. The SMILES string of the molecule is COc1ccc(C(=O)NNC(=O)c2cc(-c3ccco3)nc3c2c(C)nn3C)cc1OC. The van der Waals surface area contributed by atoms with E-state index in [2.05, 4.69) is 20.9 Å². The van der Waals surface area contributed by atoms with Crippen LogP contribution in [0.5, 0.6) is 11.5 Å². The second-order valence-corrected chi connectivity index (χ2v) is 6.92. The molecule has 2 N–H and O–H groups in total. The molecule has 4 rings (SSSR count). The number of nitrogens with zero attached hydrogens (tertiary/aromatic N) is 3. The van der Waals surface area contributed by atoms with E-state index in [1.165, 1.54) is 26.5 Å². The van der Waals surface area contributed by atoms with Gasteiger partial charge in [0.15, 0.2) is 22.9 Å². The van der Waals surface area contributed by atoms with E-state index in [1.54, 1.807) is 49.0 Å². The van der Waals surface area contributed by atoms with Gasteiger partial charge >= 0.3 is 0 Å². The second-order valence-electron chi connectivity index (χ2n) is 6.92. The van der Waals surface area contributed by atoms with E-state index in [0.717, 1.165) is 0 Å². The third kappa shape index (κ3) is 3.73. The van der Waals surface area contributed by atoms with Crippen LogP contribution in [0.15, 0.2) is 47.1 Å². The van der Waals surface area contributed by atoms with Gasteiger partial charge in [-0.3, -0.25) is 25.1 Å². The van der Waals surface area contributed by atoms with Crippen LogP contribution in [-0.4, -0.2) is 40.8 Å². The van der Waals surface area contributed by atoms with Crippen LogP contribution in [-0.2, 0) is 7.05 Å². The number of pyridine rings is 1. The Kier molecular flexibility index (Phi) is 5.50. The summed E-state index contributed by atoms with van der Waals surface area (Å²) in [6.45, 7) is 1.79. The summed E-state index contributed by atoms with van der Waals surface area (Å²) in [6, 6.07) is 9.78. The molecule has 0 bridgehead atoms. The number of aromatic nitrogens is 3. The zero-order chi connectivity index (χ0) is 22.8. The topological polar surface area (TPSA) is 121 Å². The highest BCUT2D eigenvalue weighted by Crippen LogP contribution is 2.28. The van der Waals surface area contributed by atoms with Gasteiger partial charge in [-0.1, -0.05) is 0 Å². The largest absolute Gasteiger partial charge is 0.493 e. The van der Waals surface area contributed by atoms with Crippen molar-refractivity contribution < 1.29 is 23.5 Å². The van der Waals surface area contributed by atoms with Crippen molar-refractivity contribution >= 4 is 22.8 Å². The van der Waals surface area contributed by atoms with Gasteiger partial charge in [0.1, 0.15) is 5.69 Å². The molecule has 0 aliphatic carbocycles. The van der Waals surface area contributed by atoms with E-state index < -0.39 is 11.8 Å². The summed E-state index contributed by atoms with van der Waals surface area (Å²) < 4.78 is 17.4. The third-order valence-electron chi connectivity index (χ3n) is 4.92. The molecule has 0 saturated carbocycles. The van der Waals surface area contributed by atoms with Crippen LogP contribution in [0, 0.1) is 6.92 Å². The number of aryl methyl sites for hydroxylation is 2. The Labute approximate surface area is 183 Å². The molecule has 3 aromatic heterocycles. The predicted octanol–water partition coefficient (Wildman–Crippen LogP) is 2.63. The van der Waals surface area contributed by atoms with Crippen molar-refractivity contribution in [1.29, 1.82) is 0 Å². The van der Waals surface area contributed by atoms with Gasteiger partial charge in [-0.05, 0) is 43.3 Å². The highest BCUT2D eigenvalue weighted by atomic mass is 16.5. The quantitative estimate of drug-likeness (QED) is 0.462. The molecule has 0 aliphatic heterocycles. The number of ether oxygens (including phenoxy) is 2. The summed E-state index contributed by atoms with van der Waals surface area (Å²) in [4.78, 5) is 30.2. The normalized spacial score (nSPS) is 10.8. The average Bonchev–Trinajstić information content (AvgIpc) is 3.44. The van der Waals surface area contributed by atoms with Crippen molar-refractivity contribution in [3.05, 3.63) is 59.5 Å². The lowest BCUT2D eigenvalue weighted by molar-refractivity contribution is 0.0847. The highest BCUT2D eigenvalue weighted by molar-refractivity contribution is 6.08. The summed E-state index contributed by atoms with van der Waals surface area (Å²) >= 11 is 0. The standard InChI is InChI=1S/C22H21N5O5/c1-12-19-14(11-15(16-6-5-9-32-16)23-20(19)27(2)26-12)22(29)25-24-21(28)13-7-8-17(30-3)18(10-13)31-4/h5-11H,1-4H3,(H,24,28)(H,25,29). The lowest BCUT2D eigenvalue weighted by Gasteiger charge is -2.11. The van der Waals surface area contributed by atoms with Crippen molar-refractivity contribution in [3.8, 4) is 23.0 Å². The number of rotatable bonds is 5. The fraction of sp³-hybridized carbons (Fsp3) is 0.182. The van der Waals surface area contributed by atoms with Gasteiger partial charge in [-0.2, -0.15) is 5.10 Å². The van der Waals surface area contributed by atoms with Crippen molar-refractivity contribution in [2.24, 2.45) is 7.05 Å². The maximum Gasteiger partial charge on any atom is 0.270 e. The van der Waals surface area contributed by atoms with Crippen molar-refractivity contribution in [2.45, 2.75) is 6.92 Å². The van der Waals surface area contributed by atoms with Crippen LogP contribution < -0.4 is 20.3 Å². The Morgan fingerprint density at radius 2 is 1.78 bits per heavy atom. The van der Waals surface area contributed by atoms with Gasteiger partial charge in [0, 0.05) is 12.6 Å². The van der Waals surface area contributed by atoms with Gasteiger partial charge in [-0.15, -0.1) is 0 Å². The number of hydrazine groups is 1. The summed E-state index contributed by atoms with van der Waals surface area (Å²) in [5.41, 5.74) is 7.11. The second kappa shape index (κ2) is 8.42. The molecular formula is C22H21N5O5. The number of nitrogens with one attached hydrogen (secondary N) is 2. The molecular weight excluding hydrogens is 414 g/mol. The van der Waals surface area contributed by atoms with Crippen LogP contribution in [0.3, 0.4) is 0 Å². The van der Waals surface area contributed by atoms with Crippen LogP contribution in [0.25, 0.3) is 22.5 Å². The Bertz CT molecular complexity index is 1310. The molecule has 0 saturated heterocycles. The van der Waals surface area contributed by atoms with Gasteiger partial charge in [0.25, 0.3) is 11.8 Å². The van der Waals surface area contributed by atoms with Gasteiger partial charge < -0.3 is 13.9 Å². The van der Waals surface area contributed by atoms with E-state index in [0.29, 0.717) is 45.2 Å². The Morgan fingerprint density at radius 1 is 1.03 bits per heavy atom. The summed E-state index contributed by atoms with van der Waals surface area (Å²) in [6.07, 6.45) is 1.53. The molecule has 164 valence electrons. The first kappa shape index (κ1) is 20.9. The maximum atomic E-state index is 13.0. The number of carbonyl (C=O) groups excluding carboxylic acids is 2. The minimum atomic E-state index is -0.518. The molecule has 10 nitrogen and oxygen atoms in total. The Balaban J connectivity index is 1.62. The molecule has 1 aromatic carbocycles. The number of hydrogen-bond acceptors (Lipinski definition) is 7. The van der Waals surface area contributed by atoms with Gasteiger partial charge in [0.2, 0.25) is 0 Å². The zero-order valence-corrected chi connectivity index (χ0v) is 17.9. The average molecular weight is 435 g/mol. The first-order chi connectivity index (χ1) is 15.4. The monoisotopic (exact) mass is 435 g/mol. The van der Waals surface area contributed by atoms with Crippen molar-refractivity contribution in [3.63, 3.8) is 0 Å². The summed E-state index contributed by atoms with van der Waals surface area (Å²) in [7, 11) is 4.72. The fourth-order valence-corrected chi connectivity index (χ4v) is 3.40. The molecule has 4 aromatic rings. The molecule has 2 amide bonds. The number of methoxy groups -OCH3 is 2. The molecule has 0 radical (unpaired) electrons. The molecule has 3 heterocycles.